The molecule has 3 N–H and O–H groups in total. The summed E-state index contributed by atoms with van der Waals surface area (Å²) in [5, 5.41) is 8.69. The van der Waals surface area contributed by atoms with Crippen LogP contribution in [0.2, 0.25) is 0 Å². The van der Waals surface area contributed by atoms with E-state index in [-0.39, 0.29) is 30.5 Å². The monoisotopic (exact) mass is 647 g/mol. The van der Waals surface area contributed by atoms with Gasteiger partial charge in [0.15, 0.2) is 0 Å². The van der Waals surface area contributed by atoms with Crippen molar-refractivity contribution in [3.63, 3.8) is 0 Å². The summed E-state index contributed by atoms with van der Waals surface area (Å²) in [5.74, 6) is 0.358. The van der Waals surface area contributed by atoms with Crippen LogP contribution in [0.15, 0.2) is 6.07 Å². The van der Waals surface area contributed by atoms with Gasteiger partial charge in [-0.15, -0.1) is 0 Å². The first-order chi connectivity index (χ1) is 21.4. The van der Waals surface area contributed by atoms with E-state index in [0.29, 0.717) is 49.5 Å². The summed E-state index contributed by atoms with van der Waals surface area (Å²) in [6.07, 6.45) is 12.9. The van der Waals surface area contributed by atoms with E-state index in [2.05, 4.69) is 25.1 Å². The molecule has 0 aromatic carbocycles. The number of aliphatic hydroxyl groups excluding tert-OH is 1. The Kier molecular flexibility index (Phi) is 12.1. The average molecular weight is 648 g/mol. The van der Waals surface area contributed by atoms with Crippen molar-refractivity contribution in [2.24, 2.45) is 34.3 Å². The quantitative estimate of drug-likeness (QED) is 0.467. The number of likely N-dealkylation sites (tertiary alicyclic amines) is 3. The second kappa shape index (κ2) is 15.4. The molecule has 1 aromatic heterocycles. The third-order valence-corrected chi connectivity index (χ3v) is 11.3. The van der Waals surface area contributed by atoms with Crippen LogP contribution in [0.3, 0.4) is 0 Å². The lowest BCUT2D eigenvalue weighted by Crippen LogP contribution is -2.64. The molecule has 2 aliphatic carbocycles. The Morgan fingerprint density at radius 1 is 0.978 bits per heavy atom. The van der Waals surface area contributed by atoms with Gasteiger partial charge in [0.25, 0.3) is 5.91 Å². The summed E-state index contributed by atoms with van der Waals surface area (Å²) < 4.78 is 4.16. The molecule has 3 saturated heterocycles. The van der Waals surface area contributed by atoms with Crippen LogP contribution in [0.25, 0.3) is 0 Å². The first kappa shape index (κ1) is 35.3. The number of hydrogen-bond donors (Lipinski definition) is 2. The van der Waals surface area contributed by atoms with Gasteiger partial charge in [0.1, 0.15) is 4.88 Å². The smallest absolute Gasteiger partial charge is 0.265 e. The predicted molar refractivity (Wildman–Crippen MR) is 177 cm³/mol. The first-order valence-electron chi connectivity index (χ1n) is 17.1. The van der Waals surface area contributed by atoms with Crippen LogP contribution in [0.4, 0.5) is 0 Å². The third kappa shape index (κ3) is 8.84. The van der Waals surface area contributed by atoms with Crippen LogP contribution in [-0.2, 0) is 14.4 Å². The number of carbonyl (C=O) groups is 4. The van der Waals surface area contributed by atoms with Crippen LogP contribution < -0.4 is 5.73 Å². The van der Waals surface area contributed by atoms with Crippen molar-refractivity contribution in [1.29, 1.82) is 0 Å². The Hall–Kier alpha value is -2.53. The fourth-order valence-corrected chi connectivity index (χ4v) is 8.05. The minimum absolute atomic E-state index is 0. The van der Waals surface area contributed by atoms with Gasteiger partial charge >= 0.3 is 0 Å². The standard InChI is InChI=1S/C18H24N4O3S.C9H17NO.C7H14O.H2/c1-10-4-13(26-20-10)16(25)21-6-12(14(19)23)18(7-21)8-22(9-18)15(24)11-5-17(11,2)3;1-2-6-9(11)10-7-4-3-5-8-10;8-6-7-4-2-1-3-5-7;/h4,11-12H,5-9H2,1-3H3,(H2,19,23);2-8H2,1H3;7-8H,1-6H2;1H/t11-,12?;;;/m1.../s1. The normalized spacial score (nSPS) is 25.0. The van der Waals surface area contributed by atoms with Crippen LogP contribution in [0.1, 0.15) is 108 Å². The molecular formula is C34H57N5O5S. The molecule has 0 radical (unpaired) electrons. The van der Waals surface area contributed by atoms with Crippen molar-refractivity contribution in [2.75, 3.05) is 45.9 Å². The van der Waals surface area contributed by atoms with E-state index in [1.165, 1.54) is 62.9 Å². The molecule has 2 saturated carbocycles. The zero-order chi connectivity index (χ0) is 32.8. The Morgan fingerprint density at radius 2 is 1.58 bits per heavy atom. The topological polar surface area (TPSA) is 137 Å². The molecule has 6 rings (SSSR count). The second-order valence-electron chi connectivity index (χ2n) is 14.7. The van der Waals surface area contributed by atoms with Crippen molar-refractivity contribution >= 4 is 35.2 Å². The minimum Gasteiger partial charge on any atom is -0.396 e. The van der Waals surface area contributed by atoms with Crippen molar-refractivity contribution in [2.45, 2.75) is 98.3 Å². The molecular weight excluding hydrogens is 590 g/mol. The van der Waals surface area contributed by atoms with E-state index in [1.807, 2.05) is 16.7 Å². The number of hydrogen-bond acceptors (Lipinski definition) is 7. The Labute approximate surface area is 274 Å². The lowest BCUT2D eigenvalue weighted by Gasteiger charge is -2.50. The number of aryl methyl sites for hydroxylation is 1. The fourth-order valence-electron chi connectivity index (χ4n) is 7.32. The maximum Gasteiger partial charge on any atom is 0.265 e. The van der Waals surface area contributed by atoms with E-state index in [9.17, 15) is 19.2 Å². The minimum atomic E-state index is -0.406. The third-order valence-electron chi connectivity index (χ3n) is 10.4. The zero-order valence-corrected chi connectivity index (χ0v) is 28.7. The number of aliphatic hydroxyl groups is 1. The first-order valence-corrected chi connectivity index (χ1v) is 17.9. The number of aromatic nitrogens is 1. The molecule has 45 heavy (non-hydrogen) atoms. The van der Waals surface area contributed by atoms with Crippen molar-refractivity contribution in [3.05, 3.63) is 16.6 Å². The molecule has 10 nitrogen and oxygen atoms in total. The van der Waals surface area contributed by atoms with Gasteiger partial charge in [-0.05, 0) is 80.8 Å². The summed E-state index contributed by atoms with van der Waals surface area (Å²) >= 11 is 1.18. The molecule has 4 heterocycles. The summed E-state index contributed by atoms with van der Waals surface area (Å²) in [6, 6.07) is 1.77. The molecule has 5 fully saturated rings. The van der Waals surface area contributed by atoms with Gasteiger partial charge in [0.2, 0.25) is 17.7 Å². The number of nitrogens with zero attached hydrogens (tertiary/aromatic N) is 4. The van der Waals surface area contributed by atoms with Crippen LogP contribution in [0.5, 0.6) is 0 Å². The molecule has 0 bridgehead atoms. The van der Waals surface area contributed by atoms with Crippen LogP contribution in [-0.4, -0.2) is 93.7 Å². The van der Waals surface area contributed by atoms with Crippen molar-refractivity contribution < 1.29 is 25.7 Å². The van der Waals surface area contributed by atoms with Gasteiger partial charge in [0.05, 0.1) is 11.6 Å². The number of rotatable bonds is 6. The molecule has 5 aliphatic rings. The van der Waals surface area contributed by atoms with E-state index in [0.717, 1.165) is 38.0 Å². The highest BCUT2D eigenvalue weighted by molar-refractivity contribution is 7.08. The SMILES string of the molecule is CCCC(=O)N1CCCCC1.Cc1cc(C(=O)N2CC(C(N)=O)C3(C2)CN(C(=O)[C@H]2CC2(C)C)C3)sn1.OCC1CCCCC1.[HH]. The maximum atomic E-state index is 12.7. The van der Waals surface area contributed by atoms with Gasteiger partial charge < -0.3 is 25.5 Å². The fraction of sp³-hybridized carbons (Fsp3) is 0.794. The number of nitrogens with two attached hydrogens (primary N) is 1. The van der Waals surface area contributed by atoms with Crippen LogP contribution in [0, 0.1) is 35.5 Å². The number of primary amides is 1. The molecule has 11 heteroatoms. The molecule has 1 spiro atoms. The Morgan fingerprint density at radius 3 is 2.07 bits per heavy atom. The zero-order valence-electron chi connectivity index (χ0n) is 27.9. The van der Waals surface area contributed by atoms with Crippen molar-refractivity contribution in [3.8, 4) is 0 Å². The summed E-state index contributed by atoms with van der Waals surface area (Å²) in [5.41, 5.74) is 6.14. The highest BCUT2D eigenvalue weighted by atomic mass is 32.1. The summed E-state index contributed by atoms with van der Waals surface area (Å²) in [4.78, 5) is 54.8. The largest absolute Gasteiger partial charge is 0.396 e. The highest BCUT2D eigenvalue weighted by Gasteiger charge is 2.61. The van der Waals surface area contributed by atoms with Gasteiger partial charge in [-0.2, -0.15) is 4.37 Å². The number of carbonyl (C=O) groups excluding carboxylic acids is 4. The number of amides is 4. The molecule has 254 valence electrons. The maximum absolute atomic E-state index is 12.7. The molecule has 4 amide bonds. The lowest BCUT2D eigenvalue weighted by molar-refractivity contribution is -0.150. The molecule has 3 aliphatic heterocycles. The summed E-state index contributed by atoms with van der Waals surface area (Å²) in [6.45, 7) is 12.3. The Balaban J connectivity index is 0.000000237. The van der Waals surface area contributed by atoms with Gasteiger partial charge in [-0.3, -0.25) is 19.2 Å². The van der Waals surface area contributed by atoms with Gasteiger partial charge in [0, 0.05) is 65.1 Å². The van der Waals surface area contributed by atoms with E-state index in [4.69, 9.17) is 10.8 Å². The molecule has 2 atom stereocenters. The number of piperidine rings is 1. The van der Waals surface area contributed by atoms with E-state index >= 15 is 0 Å². The van der Waals surface area contributed by atoms with Gasteiger partial charge in [-0.1, -0.05) is 40.0 Å². The molecule has 1 aromatic rings. The van der Waals surface area contributed by atoms with E-state index < -0.39 is 11.3 Å². The van der Waals surface area contributed by atoms with Crippen LogP contribution >= 0.6 is 11.5 Å². The lowest BCUT2D eigenvalue weighted by atomic mass is 9.71. The van der Waals surface area contributed by atoms with Crippen molar-refractivity contribution in [1.82, 2.24) is 19.1 Å². The molecule has 1 unspecified atom stereocenters. The van der Waals surface area contributed by atoms with E-state index in [1.54, 1.807) is 11.0 Å². The summed E-state index contributed by atoms with van der Waals surface area (Å²) in [7, 11) is 0. The Bertz CT molecular complexity index is 1190. The highest BCUT2D eigenvalue weighted by Crippen LogP contribution is 2.54. The van der Waals surface area contributed by atoms with Gasteiger partial charge in [-0.25, -0.2) is 0 Å². The predicted octanol–water partition coefficient (Wildman–Crippen LogP) is 4.49. The second-order valence-corrected chi connectivity index (χ2v) is 15.5. The average Bonchev–Trinajstić information content (AvgIpc) is 3.31.